The van der Waals surface area contributed by atoms with Gasteiger partial charge in [-0.25, -0.2) is 0 Å². The highest BCUT2D eigenvalue weighted by atomic mass is 16.5. The molecule has 1 N–H and O–H groups in total. The number of nitrogens with one attached hydrogen (secondary N) is 1. The molecule has 4 nitrogen and oxygen atoms in total. The Kier molecular flexibility index (Phi) is 4.46. The number of hydrogen-bond acceptors (Lipinski definition) is 4. The van der Waals surface area contributed by atoms with Crippen LogP contribution in [0.4, 0.5) is 5.69 Å². The summed E-state index contributed by atoms with van der Waals surface area (Å²) in [7, 11) is 1.71. The molecule has 1 aromatic carbocycles. The summed E-state index contributed by atoms with van der Waals surface area (Å²) in [6.07, 6.45) is 0. The molecule has 2 heterocycles. The molecule has 0 amide bonds. The summed E-state index contributed by atoms with van der Waals surface area (Å²) in [5.41, 5.74) is 4.47. The first-order valence-corrected chi connectivity index (χ1v) is 7.76. The molecule has 114 valence electrons. The second kappa shape index (κ2) is 6.50. The number of methoxy groups -OCH3 is 1. The Bertz CT molecular complexity index is 495. The van der Waals surface area contributed by atoms with Gasteiger partial charge in [-0.15, -0.1) is 0 Å². The van der Waals surface area contributed by atoms with E-state index >= 15 is 0 Å². The van der Waals surface area contributed by atoms with Crippen molar-refractivity contribution in [3.05, 3.63) is 35.4 Å². The SMILES string of the molecule is COc1ccc(N2CCN(CC(C)=C3CNC3)CC2)cc1. The highest BCUT2D eigenvalue weighted by Crippen LogP contribution is 2.21. The average molecular weight is 287 g/mol. The minimum absolute atomic E-state index is 0.925. The fourth-order valence-electron chi connectivity index (χ4n) is 2.96. The molecular weight excluding hydrogens is 262 g/mol. The van der Waals surface area contributed by atoms with Crippen molar-refractivity contribution in [3.8, 4) is 5.75 Å². The highest BCUT2D eigenvalue weighted by Gasteiger charge is 2.19. The van der Waals surface area contributed by atoms with Crippen molar-refractivity contribution < 1.29 is 4.74 Å². The van der Waals surface area contributed by atoms with Crippen LogP contribution in [0.15, 0.2) is 35.4 Å². The second-order valence-electron chi connectivity index (χ2n) is 5.95. The van der Waals surface area contributed by atoms with Crippen LogP contribution in [-0.4, -0.2) is 57.8 Å². The van der Waals surface area contributed by atoms with E-state index in [0.717, 1.165) is 51.6 Å². The largest absolute Gasteiger partial charge is 0.497 e. The molecule has 21 heavy (non-hydrogen) atoms. The van der Waals surface area contributed by atoms with Gasteiger partial charge in [-0.1, -0.05) is 5.57 Å². The lowest BCUT2D eigenvalue weighted by atomic mass is 10.0. The molecule has 0 spiro atoms. The number of rotatable bonds is 4. The van der Waals surface area contributed by atoms with Crippen LogP contribution >= 0.6 is 0 Å². The van der Waals surface area contributed by atoms with E-state index in [1.807, 2.05) is 12.1 Å². The van der Waals surface area contributed by atoms with Crippen molar-refractivity contribution in [1.29, 1.82) is 0 Å². The molecule has 0 radical (unpaired) electrons. The smallest absolute Gasteiger partial charge is 0.119 e. The van der Waals surface area contributed by atoms with E-state index in [1.54, 1.807) is 18.3 Å². The predicted molar refractivity (Wildman–Crippen MR) is 87.2 cm³/mol. The number of benzene rings is 1. The normalized spacial score (nSPS) is 19.3. The van der Waals surface area contributed by atoms with E-state index < -0.39 is 0 Å². The number of ether oxygens (including phenoxy) is 1. The number of piperazine rings is 1. The lowest BCUT2D eigenvalue weighted by molar-refractivity contribution is 0.276. The third kappa shape index (κ3) is 3.39. The maximum Gasteiger partial charge on any atom is 0.119 e. The van der Waals surface area contributed by atoms with E-state index in [4.69, 9.17) is 4.74 Å². The molecule has 3 rings (SSSR count). The fourth-order valence-corrected chi connectivity index (χ4v) is 2.96. The first-order valence-electron chi connectivity index (χ1n) is 7.76. The minimum atomic E-state index is 0.925. The topological polar surface area (TPSA) is 27.7 Å². The molecule has 0 atom stereocenters. The quantitative estimate of drug-likeness (QED) is 0.854. The summed E-state index contributed by atoms with van der Waals surface area (Å²) >= 11 is 0. The molecule has 2 aliphatic heterocycles. The van der Waals surface area contributed by atoms with Gasteiger partial charge in [0.1, 0.15) is 5.75 Å². The molecule has 0 saturated carbocycles. The summed E-state index contributed by atoms with van der Waals surface area (Å²) < 4.78 is 5.22. The lowest BCUT2D eigenvalue weighted by Gasteiger charge is -2.37. The van der Waals surface area contributed by atoms with Gasteiger partial charge in [0, 0.05) is 51.5 Å². The third-order valence-corrected chi connectivity index (χ3v) is 4.55. The van der Waals surface area contributed by atoms with Crippen LogP contribution in [0.2, 0.25) is 0 Å². The summed E-state index contributed by atoms with van der Waals surface area (Å²) in [4.78, 5) is 5.03. The molecule has 2 aliphatic rings. The van der Waals surface area contributed by atoms with Crippen LogP contribution < -0.4 is 15.0 Å². The van der Waals surface area contributed by atoms with Crippen LogP contribution in [0.3, 0.4) is 0 Å². The van der Waals surface area contributed by atoms with Gasteiger partial charge in [-0.3, -0.25) is 4.90 Å². The van der Waals surface area contributed by atoms with E-state index in [1.165, 1.54) is 5.69 Å². The van der Waals surface area contributed by atoms with Gasteiger partial charge in [0.25, 0.3) is 0 Å². The maximum atomic E-state index is 5.22. The predicted octanol–water partition coefficient (Wildman–Crippen LogP) is 1.74. The molecule has 2 fully saturated rings. The Morgan fingerprint density at radius 3 is 2.29 bits per heavy atom. The minimum Gasteiger partial charge on any atom is -0.497 e. The first kappa shape index (κ1) is 14.4. The monoisotopic (exact) mass is 287 g/mol. The molecule has 2 saturated heterocycles. The van der Waals surface area contributed by atoms with Crippen molar-refractivity contribution >= 4 is 5.69 Å². The number of hydrogen-bond donors (Lipinski definition) is 1. The maximum absolute atomic E-state index is 5.22. The Hall–Kier alpha value is -1.52. The zero-order valence-corrected chi connectivity index (χ0v) is 13.1. The second-order valence-corrected chi connectivity index (χ2v) is 5.95. The summed E-state index contributed by atoms with van der Waals surface area (Å²) in [6.45, 7) is 10.1. The Balaban J connectivity index is 1.52. The third-order valence-electron chi connectivity index (χ3n) is 4.55. The molecule has 0 unspecified atom stereocenters. The number of nitrogens with zero attached hydrogens (tertiary/aromatic N) is 2. The van der Waals surface area contributed by atoms with Crippen LogP contribution in [0, 0.1) is 0 Å². The molecule has 1 aromatic rings. The van der Waals surface area contributed by atoms with Gasteiger partial charge in [0.05, 0.1) is 7.11 Å². The van der Waals surface area contributed by atoms with Crippen LogP contribution in [0.5, 0.6) is 5.75 Å². The molecule has 0 aromatic heterocycles. The van der Waals surface area contributed by atoms with E-state index in [2.05, 4.69) is 34.2 Å². The molecule has 4 heteroatoms. The Morgan fingerprint density at radius 2 is 1.76 bits per heavy atom. The van der Waals surface area contributed by atoms with Crippen molar-refractivity contribution in [2.75, 3.05) is 57.8 Å². The van der Waals surface area contributed by atoms with Gasteiger partial charge in [-0.05, 0) is 36.8 Å². The summed E-state index contributed by atoms with van der Waals surface area (Å²) in [5.74, 6) is 0.925. The zero-order valence-electron chi connectivity index (χ0n) is 13.1. The molecular formula is C17H25N3O. The molecule has 0 aliphatic carbocycles. The Labute approximate surface area is 127 Å². The summed E-state index contributed by atoms with van der Waals surface area (Å²) in [5, 5.41) is 3.32. The average Bonchev–Trinajstić information content (AvgIpc) is 2.46. The summed E-state index contributed by atoms with van der Waals surface area (Å²) in [6, 6.07) is 8.39. The highest BCUT2D eigenvalue weighted by molar-refractivity contribution is 5.49. The number of anilines is 1. The molecule has 0 bridgehead atoms. The van der Waals surface area contributed by atoms with Gasteiger partial charge in [-0.2, -0.15) is 0 Å². The van der Waals surface area contributed by atoms with E-state index in [9.17, 15) is 0 Å². The van der Waals surface area contributed by atoms with E-state index in [0.29, 0.717) is 0 Å². The van der Waals surface area contributed by atoms with Crippen LogP contribution in [-0.2, 0) is 0 Å². The van der Waals surface area contributed by atoms with Crippen molar-refractivity contribution in [2.24, 2.45) is 0 Å². The zero-order chi connectivity index (χ0) is 14.7. The van der Waals surface area contributed by atoms with Crippen LogP contribution in [0.25, 0.3) is 0 Å². The van der Waals surface area contributed by atoms with Crippen LogP contribution in [0.1, 0.15) is 6.92 Å². The van der Waals surface area contributed by atoms with Crippen molar-refractivity contribution in [3.63, 3.8) is 0 Å². The van der Waals surface area contributed by atoms with Gasteiger partial charge < -0.3 is 15.0 Å². The van der Waals surface area contributed by atoms with E-state index in [-0.39, 0.29) is 0 Å². The van der Waals surface area contributed by atoms with Crippen molar-refractivity contribution in [1.82, 2.24) is 10.2 Å². The first-order chi connectivity index (χ1) is 10.3. The lowest BCUT2D eigenvalue weighted by Crippen LogP contribution is -2.47. The van der Waals surface area contributed by atoms with Gasteiger partial charge in [0.2, 0.25) is 0 Å². The van der Waals surface area contributed by atoms with Gasteiger partial charge in [0.15, 0.2) is 0 Å². The fraction of sp³-hybridized carbons (Fsp3) is 0.529. The van der Waals surface area contributed by atoms with Crippen molar-refractivity contribution in [2.45, 2.75) is 6.92 Å². The standard InChI is InChI=1S/C17H25N3O/c1-14(15-11-18-12-15)13-19-7-9-20(10-8-19)16-3-5-17(21-2)6-4-16/h3-6,18H,7-13H2,1-2H3. The van der Waals surface area contributed by atoms with Gasteiger partial charge >= 0.3 is 0 Å². The Morgan fingerprint density at radius 1 is 1.10 bits per heavy atom.